The second-order valence-corrected chi connectivity index (χ2v) is 4.12. The molecule has 1 aliphatic heterocycles. The number of ether oxygens (including phenoxy) is 1. The van der Waals surface area contributed by atoms with E-state index >= 15 is 0 Å². The number of allylic oxidation sites excluding steroid dienone is 7. The van der Waals surface area contributed by atoms with Gasteiger partial charge in [0, 0.05) is 0 Å². The van der Waals surface area contributed by atoms with Gasteiger partial charge < -0.3 is 4.74 Å². The Morgan fingerprint density at radius 2 is 2.11 bits per heavy atom. The maximum Gasteiger partial charge on any atom is 0.124 e. The van der Waals surface area contributed by atoms with E-state index in [9.17, 15) is 0 Å². The molecule has 1 heterocycles. The lowest BCUT2D eigenvalue weighted by molar-refractivity contribution is 0.126. The van der Waals surface area contributed by atoms with Crippen molar-refractivity contribution in [2.45, 2.75) is 32.8 Å². The second kappa shape index (κ2) is 7.54. The molecule has 0 aromatic carbocycles. The van der Waals surface area contributed by atoms with E-state index < -0.39 is 0 Å². The van der Waals surface area contributed by atoms with Gasteiger partial charge in [-0.05, 0) is 43.9 Å². The van der Waals surface area contributed by atoms with Crippen molar-refractivity contribution in [2.75, 3.05) is 0 Å². The molecule has 1 heteroatoms. The molecule has 1 fully saturated rings. The molecule has 0 unspecified atom stereocenters. The zero-order valence-electron chi connectivity index (χ0n) is 11.4. The lowest BCUT2D eigenvalue weighted by Gasteiger charge is -2.28. The van der Waals surface area contributed by atoms with Crippen LogP contribution in [0.1, 0.15) is 26.7 Å². The van der Waals surface area contributed by atoms with Crippen LogP contribution in [-0.4, -0.2) is 6.10 Å². The van der Waals surface area contributed by atoms with Gasteiger partial charge in [-0.1, -0.05) is 49.6 Å². The Hall–Kier alpha value is -1.76. The minimum Gasteiger partial charge on any atom is -0.486 e. The van der Waals surface area contributed by atoms with Crippen LogP contribution in [-0.2, 0) is 4.74 Å². The van der Waals surface area contributed by atoms with Crippen molar-refractivity contribution >= 4 is 0 Å². The first kappa shape index (κ1) is 14.3. The lowest BCUT2D eigenvalue weighted by atomic mass is 9.96. The predicted molar refractivity (Wildman–Crippen MR) is 79.2 cm³/mol. The molecule has 96 valence electrons. The summed E-state index contributed by atoms with van der Waals surface area (Å²) in [6, 6.07) is 0. The Bertz CT molecular complexity index is 419. The van der Waals surface area contributed by atoms with Crippen LogP contribution < -0.4 is 0 Å². The largest absolute Gasteiger partial charge is 0.486 e. The minimum atomic E-state index is 0.0921. The Morgan fingerprint density at radius 3 is 2.67 bits per heavy atom. The van der Waals surface area contributed by atoms with Crippen molar-refractivity contribution in [1.82, 2.24) is 0 Å². The summed E-state index contributed by atoms with van der Waals surface area (Å²) in [5, 5.41) is 0. The molecule has 1 saturated heterocycles. The van der Waals surface area contributed by atoms with E-state index in [1.807, 2.05) is 38.2 Å². The van der Waals surface area contributed by atoms with E-state index in [1.54, 1.807) is 6.08 Å². The quantitative estimate of drug-likeness (QED) is 0.639. The summed E-state index contributed by atoms with van der Waals surface area (Å²) in [4.78, 5) is 0. The molecule has 0 radical (unpaired) electrons. The summed E-state index contributed by atoms with van der Waals surface area (Å²) in [5.74, 6) is 0.973. The van der Waals surface area contributed by atoms with Crippen LogP contribution in [0.3, 0.4) is 0 Å². The molecule has 0 aliphatic carbocycles. The van der Waals surface area contributed by atoms with Gasteiger partial charge in [-0.15, -0.1) is 0 Å². The van der Waals surface area contributed by atoms with Gasteiger partial charge >= 0.3 is 0 Å². The van der Waals surface area contributed by atoms with Crippen LogP contribution in [0.15, 0.2) is 72.6 Å². The van der Waals surface area contributed by atoms with Gasteiger partial charge in [0.2, 0.25) is 0 Å². The van der Waals surface area contributed by atoms with E-state index in [0.717, 1.165) is 24.2 Å². The van der Waals surface area contributed by atoms with Gasteiger partial charge in [-0.25, -0.2) is 0 Å². The fourth-order valence-electron chi connectivity index (χ4n) is 2.01. The van der Waals surface area contributed by atoms with Crippen LogP contribution in [0, 0.1) is 0 Å². The first-order valence-corrected chi connectivity index (χ1v) is 6.37. The molecule has 0 spiro atoms. The van der Waals surface area contributed by atoms with Gasteiger partial charge in [-0.3, -0.25) is 0 Å². The second-order valence-electron chi connectivity index (χ2n) is 4.12. The van der Waals surface area contributed by atoms with Crippen LogP contribution >= 0.6 is 0 Å². The molecule has 1 nitrogen and oxygen atoms in total. The topological polar surface area (TPSA) is 9.23 Å². The first-order chi connectivity index (χ1) is 8.76. The summed E-state index contributed by atoms with van der Waals surface area (Å²) in [7, 11) is 0. The number of hydrogen-bond donors (Lipinski definition) is 0. The molecule has 1 rings (SSSR count). The summed E-state index contributed by atoms with van der Waals surface area (Å²) >= 11 is 0. The summed E-state index contributed by atoms with van der Waals surface area (Å²) < 4.78 is 6.02. The highest BCUT2D eigenvalue weighted by atomic mass is 16.5. The van der Waals surface area contributed by atoms with Gasteiger partial charge in [-0.2, -0.15) is 0 Å². The van der Waals surface area contributed by atoms with Crippen LogP contribution in [0.25, 0.3) is 0 Å². The zero-order chi connectivity index (χ0) is 13.4. The van der Waals surface area contributed by atoms with Gasteiger partial charge in [0.25, 0.3) is 0 Å². The summed E-state index contributed by atoms with van der Waals surface area (Å²) in [6.45, 7) is 11.6. The Labute approximate surface area is 111 Å². The highest BCUT2D eigenvalue weighted by Gasteiger charge is 2.22. The summed E-state index contributed by atoms with van der Waals surface area (Å²) in [5.41, 5.74) is 2.35. The fraction of sp³-hybridized carbons (Fsp3) is 0.294. The van der Waals surface area contributed by atoms with Crippen molar-refractivity contribution in [3.8, 4) is 0 Å². The predicted octanol–water partition coefficient (Wildman–Crippen LogP) is 4.87. The third-order valence-corrected chi connectivity index (χ3v) is 2.93. The molecule has 0 N–H and O–H groups in total. The van der Waals surface area contributed by atoms with Crippen LogP contribution in [0.5, 0.6) is 0 Å². The van der Waals surface area contributed by atoms with Crippen LogP contribution in [0.4, 0.5) is 0 Å². The third-order valence-electron chi connectivity index (χ3n) is 2.93. The van der Waals surface area contributed by atoms with E-state index in [0.29, 0.717) is 0 Å². The normalized spacial score (nSPS) is 25.4. The molecule has 1 aliphatic rings. The Balaban J connectivity index is 2.88. The highest BCUT2D eigenvalue weighted by molar-refractivity contribution is 5.35. The average Bonchev–Trinajstić information content (AvgIpc) is 2.42. The van der Waals surface area contributed by atoms with E-state index in [1.165, 1.54) is 5.57 Å². The highest BCUT2D eigenvalue weighted by Crippen LogP contribution is 2.31. The molecule has 0 amide bonds. The molecule has 1 atom stereocenters. The summed E-state index contributed by atoms with van der Waals surface area (Å²) in [6.07, 6.45) is 15.9. The van der Waals surface area contributed by atoms with Crippen molar-refractivity contribution in [1.29, 1.82) is 0 Å². The van der Waals surface area contributed by atoms with E-state index in [2.05, 4.69) is 25.3 Å². The van der Waals surface area contributed by atoms with Gasteiger partial charge in [0.1, 0.15) is 11.9 Å². The molecule has 0 aromatic heterocycles. The average molecular weight is 242 g/mol. The molecule has 0 saturated carbocycles. The Kier molecular flexibility index (Phi) is 5.99. The Morgan fingerprint density at radius 1 is 1.33 bits per heavy atom. The molecular weight excluding hydrogens is 220 g/mol. The number of hydrogen-bond acceptors (Lipinski definition) is 1. The van der Waals surface area contributed by atoms with E-state index in [4.69, 9.17) is 4.74 Å². The monoisotopic (exact) mass is 242 g/mol. The standard InChI is InChI=1S/C17H22O/c1-5-9-11-15-12-13-17(18-16(15)8-4)14(7-3)10-6-2/h5-11,17H,2-3,12-13H2,1,4H3/b9-5-,14-10+,15-11-,16-8+/t17-/m0/s1. The van der Waals surface area contributed by atoms with Crippen molar-refractivity contribution in [2.24, 2.45) is 0 Å². The van der Waals surface area contributed by atoms with Crippen molar-refractivity contribution in [3.05, 3.63) is 72.6 Å². The minimum absolute atomic E-state index is 0.0921. The number of rotatable bonds is 4. The zero-order valence-corrected chi connectivity index (χ0v) is 11.4. The third kappa shape index (κ3) is 3.63. The van der Waals surface area contributed by atoms with Crippen molar-refractivity contribution in [3.63, 3.8) is 0 Å². The molecule has 0 bridgehead atoms. The smallest absolute Gasteiger partial charge is 0.124 e. The first-order valence-electron chi connectivity index (χ1n) is 6.37. The lowest BCUT2D eigenvalue weighted by Crippen LogP contribution is -2.20. The van der Waals surface area contributed by atoms with Gasteiger partial charge in [0.15, 0.2) is 0 Å². The molecule has 0 aromatic rings. The SMILES string of the molecule is C=C/C=C(\C=C)[C@@H]1CCC(=C/C=C\C)/C(=C\C)O1. The maximum absolute atomic E-state index is 6.02. The fourth-order valence-corrected chi connectivity index (χ4v) is 2.01. The van der Waals surface area contributed by atoms with E-state index in [-0.39, 0.29) is 6.10 Å². The molecular formula is C17H22O. The van der Waals surface area contributed by atoms with Gasteiger partial charge in [0.05, 0.1) is 0 Å². The maximum atomic E-state index is 6.02. The van der Waals surface area contributed by atoms with Crippen molar-refractivity contribution < 1.29 is 4.74 Å². The van der Waals surface area contributed by atoms with Crippen LogP contribution in [0.2, 0.25) is 0 Å². The molecule has 18 heavy (non-hydrogen) atoms.